The van der Waals surface area contributed by atoms with Gasteiger partial charge in [0, 0.05) is 25.0 Å². The lowest BCUT2D eigenvalue weighted by molar-refractivity contribution is 0.500. The van der Waals surface area contributed by atoms with Crippen molar-refractivity contribution in [2.45, 2.75) is 25.4 Å². The Hall–Kier alpha value is -2.38. The molecular formula is C17H20N4. The van der Waals surface area contributed by atoms with E-state index in [1.54, 1.807) is 12.3 Å². The van der Waals surface area contributed by atoms with Crippen LogP contribution in [0.5, 0.6) is 0 Å². The van der Waals surface area contributed by atoms with Gasteiger partial charge in [-0.25, -0.2) is 0 Å². The number of benzene rings is 1. The first-order chi connectivity index (χ1) is 10.2. The maximum absolute atomic E-state index is 9.05. The van der Waals surface area contributed by atoms with Crippen molar-refractivity contribution in [2.75, 3.05) is 11.9 Å². The summed E-state index contributed by atoms with van der Waals surface area (Å²) < 4.78 is 0. The Morgan fingerprint density at radius 2 is 2.10 bits per heavy atom. The van der Waals surface area contributed by atoms with Crippen molar-refractivity contribution in [3.8, 4) is 6.07 Å². The summed E-state index contributed by atoms with van der Waals surface area (Å²) in [6.07, 6.45) is 2.63. The summed E-state index contributed by atoms with van der Waals surface area (Å²) in [5.74, 6) is 0. The van der Waals surface area contributed by atoms with E-state index in [0.29, 0.717) is 5.56 Å². The predicted molar refractivity (Wildman–Crippen MR) is 84.8 cm³/mol. The van der Waals surface area contributed by atoms with Crippen LogP contribution < -0.4 is 10.6 Å². The summed E-state index contributed by atoms with van der Waals surface area (Å²) in [4.78, 5) is 6.55. The van der Waals surface area contributed by atoms with E-state index in [1.807, 2.05) is 43.4 Å². The second-order valence-corrected chi connectivity index (χ2v) is 5.04. The van der Waals surface area contributed by atoms with E-state index in [1.165, 1.54) is 0 Å². The van der Waals surface area contributed by atoms with E-state index in [4.69, 9.17) is 11.0 Å². The smallest absolute Gasteiger partial charge is 0.0992 e. The molecule has 108 valence electrons. The Balaban J connectivity index is 2.39. The average molecular weight is 280 g/mol. The van der Waals surface area contributed by atoms with E-state index in [-0.39, 0.29) is 12.1 Å². The van der Waals surface area contributed by atoms with Crippen LogP contribution in [-0.2, 0) is 0 Å². The van der Waals surface area contributed by atoms with Gasteiger partial charge in [-0.05, 0) is 36.8 Å². The highest BCUT2D eigenvalue weighted by Crippen LogP contribution is 2.28. The van der Waals surface area contributed by atoms with E-state index < -0.39 is 0 Å². The molecule has 2 atom stereocenters. The number of hydrogen-bond donors (Lipinski definition) is 1. The quantitative estimate of drug-likeness (QED) is 0.914. The van der Waals surface area contributed by atoms with Crippen molar-refractivity contribution < 1.29 is 0 Å². The fourth-order valence-corrected chi connectivity index (χ4v) is 2.43. The van der Waals surface area contributed by atoms with E-state index in [2.05, 4.69) is 22.9 Å². The summed E-state index contributed by atoms with van der Waals surface area (Å²) in [5.41, 5.74) is 8.86. The van der Waals surface area contributed by atoms with Gasteiger partial charge in [-0.3, -0.25) is 4.98 Å². The maximum atomic E-state index is 9.05. The first-order valence-corrected chi connectivity index (χ1v) is 7.07. The van der Waals surface area contributed by atoms with E-state index >= 15 is 0 Å². The number of hydrogen-bond acceptors (Lipinski definition) is 4. The van der Waals surface area contributed by atoms with Crippen LogP contribution in [0.2, 0.25) is 0 Å². The zero-order valence-corrected chi connectivity index (χ0v) is 12.4. The second kappa shape index (κ2) is 6.87. The minimum atomic E-state index is -0.0318. The SMILES string of the molecule is CCC(N)C(c1ccccn1)N(C)c1cccc(C#N)c1. The first kappa shape index (κ1) is 15.0. The fourth-order valence-electron chi connectivity index (χ4n) is 2.43. The van der Waals surface area contributed by atoms with Crippen LogP contribution in [0.4, 0.5) is 5.69 Å². The molecule has 2 unspecified atom stereocenters. The molecule has 1 aromatic carbocycles. The molecule has 1 heterocycles. The van der Waals surface area contributed by atoms with Crippen LogP contribution in [0.15, 0.2) is 48.7 Å². The normalized spacial score (nSPS) is 13.2. The molecule has 0 aliphatic heterocycles. The third-order valence-electron chi connectivity index (χ3n) is 3.67. The highest BCUT2D eigenvalue weighted by Gasteiger charge is 2.24. The zero-order chi connectivity index (χ0) is 15.2. The van der Waals surface area contributed by atoms with Gasteiger partial charge in [-0.15, -0.1) is 0 Å². The van der Waals surface area contributed by atoms with Crippen molar-refractivity contribution >= 4 is 5.69 Å². The molecule has 21 heavy (non-hydrogen) atoms. The molecule has 0 amide bonds. The Labute approximate surface area is 125 Å². The minimum absolute atomic E-state index is 0.0230. The van der Waals surface area contributed by atoms with Crippen LogP contribution in [-0.4, -0.2) is 18.1 Å². The zero-order valence-electron chi connectivity index (χ0n) is 12.4. The lowest BCUT2D eigenvalue weighted by Crippen LogP contribution is -2.39. The van der Waals surface area contributed by atoms with Gasteiger partial charge in [0.15, 0.2) is 0 Å². The third kappa shape index (κ3) is 3.39. The number of likely N-dealkylation sites (N-methyl/N-ethyl adjacent to an activating group) is 1. The van der Waals surface area contributed by atoms with Gasteiger partial charge >= 0.3 is 0 Å². The number of rotatable bonds is 5. The van der Waals surface area contributed by atoms with Crippen LogP contribution >= 0.6 is 0 Å². The molecule has 0 radical (unpaired) electrons. The number of nitrogens with two attached hydrogens (primary N) is 1. The second-order valence-electron chi connectivity index (χ2n) is 5.04. The van der Waals surface area contributed by atoms with Gasteiger partial charge in [0.05, 0.1) is 23.4 Å². The van der Waals surface area contributed by atoms with Crippen molar-refractivity contribution in [1.82, 2.24) is 4.98 Å². The van der Waals surface area contributed by atoms with E-state index in [0.717, 1.165) is 17.8 Å². The molecule has 2 N–H and O–H groups in total. The van der Waals surface area contributed by atoms with Crippen molar-refractivity contribution in [1.29, 1.82) is 5.26 Å². The number of pyridine rings is 1. The lowest BCUT2D eigenvalue weighted by Gasteiger charge is -2.33. The molecule has 0 fully saturated rings. The largest absolute Gasteiger partial charge is 0.364 e. The first-order valence-electron chi connectivity index (χ1n) is 7.07. The van der Waals surface area contributed by atoms with Gasteiger partial charge in [0.1, 0.15) is 0 Å². The lowest BCUT2D eigenvalue weighted by atomic mass is 10.00. The van der Waals surface area contributed by atoms with Crippen molar-refractivity contribution in [3.63, 3.8) is 0 Å². The molecule has 4 nitrogen and oxygen atoms in total. The monoisotopic (exact) mass is 280 g/mol. The molecule has 0 spiro atoms. The Bertz CT molecular complexity index is 618. The third-order valence-corrected chi connectivity index (χ3v) is 3.67. The van der Waals surface area contributed by atoms with Gasteiger partial charge in [0.25, 0.3) is 0 Å². The van der Waals surface area contributed by atoms with Crippen LogP contribution in [0, 0.1) is 11.3 Å². The molecule has 1 aromatic heterocycles. The summed E-state index contributed by atoms with van der Waals surface area (Å²) >= 11 is 0. The van der Waals surface area contributed by atoms with Crippen LogP contribution in [0.1, 0.15) is 30.6 Å². The van der Waals surface area contributed by atoms with Gasteiger partial charge in [-0.1, -0.05) is 19.1 Å². The molecule has 0 bridgehead atoms. The summed E-state index contributed by atoms with van der Waals surface area (Å²) in [6.45, 7) is 2.07. The highest BCUT2D eigenvalue weighted by atomic mass is 15.2. The summed E-state index contributed by atoms with van der Waals surface area (Å²) in [7, 11) is 1.99. The van der Waals surface area contributed by atoms with Crippen molar-refractivity contribution in [2.24, 2.45) is 5.73 Å². The molecule has 0 aliphatic carbocycles. The van der Waals surface area contributed by atoms with Crippen LogP contribution in [0.3, 0.4) is 0 Å². The number of nitrogens with zero attached hydrogens (tertiary/aromatic N) is 3. The maximum Gasteiger partial charge on any atom is 0.0992 e. The Morgan fingerprint density at radius 3 is 2.71 bits per heavy atom. The predicted octanol–water partition coefficient (Wildman–Crippen LogP) is 2.87. The van der Waals surface area contributed by atoms with Crippen molar-refractivity contribution in [3.05, 3.63) is 59.9 Å². The minimum Gasteiger partial charge on any atom is -0.364 e. The molecule has 2 rings (SSSR count). The van der Waals surface area contributed by atoms with Gasteiger partial charge in [-0.2, -0.15) is 5.26 Å². The summed E-state index contributed by atoms with van der Waals surface area (Å²) in [5, 5.41) is 9.05. The number of aromatic nitrogens is 1. The Morgan fingerprint density at radius 1 is 1.29 bits per heavy atom. The summed E-state index contributed by atoms with van der Waals surface area (Å²) in [6, 6.07) is 15.5. The number of anilines is 1. The molecule has 2 aromatic rings. The fraction of sp³-hybridized carbons (Fsp3) is 0.294. The van der Waals surface area contributed by atoms with E-state index in [9.17, 15) is 0 Å². The topological polar surface area (TPSA) is 65.9 Å². The molecule has 0 saturated carbocycles. The van der Waals surface area contributed by atoms with Crippen LogP contribution in [0.25, 0.3) is 0 Å². The van der Waals surface area contributed by atoms with Gasteiger partial charge < -0.3 is 10.6 Å². The Kier molecular flexibility index (Phi) is 4.91. The number of nitriles is 1. The average Bonchev–Trinajstić information content (AvgIpc) is 2.55. The molecular weight excluding hydrogens is 260 g/mol. The highest BCUT2D eigenvalue weighted by molar-refractivity contribution is 5.52. The molecule has 4 heteroatoms. The standard InChI is InChI=1S/C17H20N4/c1-3-15(19)17(16-9-4-5-10-20-16)21(2)14-8-6-7-13(11-14)12-18/h4-11,15,17H,3,19H2,1-2H3. The van der Waals surface area contributed by atoms with Gasteiger partial charge in [0.2, 0.25) is 0 Å². The molecule has 0 aliphatic rings. The molecule has 0 saturated heterocycles.